The van der Waals surface area contributed by atoms with Gasteiger partial charge in [0.05, 0.1) is 13.2 Å². The van der Waals surface area contributed by atoms with Gasteiger partial charge in [0.1, 0.15) is 23.1 Å². The number of hydrogen-bond acceptors (Lipinski definition) is 8. The summed E-state index contributed by atoms with van der Waals surface area (Å²) in [5.41, 5.74) is 5.22. The molecule has 0 bridgehead atoms. The number of amides is 2. The van der Waals surface area contributed by atoms with E-state index in [2.05, 4.69) is 20.6 Å². The standard InChI is InChI=1S/C24H26F3N5O5/c1-11(28)20-19(21(33)30-10-12-8-13(9-12)36-23(34)29-2)32-22(37-20)15-4-6-16(35-3)18-14(15)5-7-17(31-18)24(25,26)27/h4-7,11-13H,8-10,28H2,1-3H3,(H,29,34)(H,30,33)/t11-,12?,13?/m0/s1. The predicted octanol–water partition coefficient (Wildman–Crippen LogP) is 3.80. The second kappa shape index (κ2) is 10.2. The summed E-state index contributed by atoms with van der Waals surface area (Å²) in [5.74, 6) is -0.0995. The number of methoxy groups -OCH3 is 1. The molecule has 2 amide bonds. The van der Waals surface area contributed by atoms with Gasteiger partial charge in [-0.3, -0.25) is 4.79 Å². The number of carbonyl (C=O) groups is 2. The molecule has 4 rings (SSSR count). The number of aromatic nitrogens is 2. The number of ether oxygens (including phenoxy) is 2. The molecule has 0 aliphatic heterocycles. The number of rotatable bonds is 7. The predicted molar refractivity (Wildman–Crippen MR) is 126 cm³/mol. The number of oxazole rings is 1. The van der Waals surface area contributed by atoms with E-state index < -0.39 is 29.9 Å². The van der Waals surface area contributed by atoms with Gasteiger partial charge in [-0.1, -0.05) is 0 Å². The topological polar surface area (TPSA) is 142 Å². The summed E-state index contributed by atoms with van der Waals surface area (Å²) in [4.78, 5) is 32.3. The van der Waals surface area contributed by atoms with Crippen molar-refractivity contribution in [2.75, 3.05) is 20.7 Å². The molecule has 198 valence electrons. The van der Waals surface area contributed by atoms with Crippen molar-refractivity contribution in [3.63, 3.8) is 0 Å². The van der Waals surface area contributed by atoms with Gasteiger partial charge in [0.2, 0.25) is 5.89 Å². The zero-order valence-electron chi connectivity index (χ0n) is 20.3. The Morgan fingerprint density at radius 1 is 1.22 bits per heavy atom. The number of alkyl carbamates (subject to hydrolysis) is 1. The van der Waals surface area contributed by atoms with Gasteiger partial charge in [-0.25, -0.2) is 14.8 Å². The van der Waals surface area contributed by atoms with Crippen LogP contribution in [0.3, 0.4) is 0 Å². The number of hydrogen-bond donors (Lipinski definition) is 3. The van der Waals surface area contributed by atoms with Crippen LogP contribution in [0.25, 0.3) is 22.4 Å². The van der Waals surface area contributed by atoms with E-state index in [1.165, 1.54) is 26.3 Å². The number of nitrogens with two attached hydrogens (primary N) is 1. The van der Waals surface area contributed by atoms with Crippen LogP contribution < -0.4 is 21.1 Å². The van der Waals surface area contributed by atoms with Crippen LogP contribution >= 0.6 is 0 Å². The molecule has 1 atom stereocenters. The van der Waals surface area contributed by atoms with Crippen LogP contribution in [0.4, 0.5) is 18.0 Å². The van der Waals surface area contributed by atoms with Gasteiger partial charge in [-0.05, 0) is 49.9 Å². The summed E-state index contributed by atoms with van der Waals surface area (Å²) in [6.45, 7) is 1.96. The number of halogens is 3. The van der Waals surface area contributed by atoms with E-state index in [1.54, 1.807) is 13.0 Å². The largest absolute Gasteiger partial charge is 0.494 e. The van der Waals surface area contributed by atoms with E-state index in [4.69, 9.17) is 19.6 Å². The van der Waals surface area contributed by atoms with Crippen molar-refractivity contribution in [1.29, 1.82) is 0 Å². The molecule has 4 N–H and O–H groups in total. The average Bonchev–Trinajstić information content (AvgIpc) is 3.29. The molecule has 0 radical (unpaired) electrons. The second-order valence-electron chi connectivity index (χ2n) is 8.75. The maximum Gasteiger partial charge on any atom is 0.433 e. The lowest BCUT2D eigenvalue weighted by Gasteiger charge is -2.34. The molecule has 37 heavy (non-hydrogen) atoms. The maximum absolute atomic E-state index is 13.2. The van der Waals surface area contributed by atoms with E-state index >= 15 is 0 Å². The summed E-state index contributed by atoms with van der Waals surface area (Å²) < 4.78 is 55.9. The lowest BCUT2D eigenvalue weighted by Crippen LogP contribution is -2.42. The Morgan fingerprint density at radius 2 is 1.95 bits per heavy atom. The van der Waals surface area contributed by atoms with Crippen LogP contribution in [-0.2, 0) is 10.9 Å². The van der Waals surface area contributed by atoms with Crippen molar-refractivity contribution in [3.05, 3.63) is 41.4 Å². The Kier molecular flexibility index (Phi) is 7.25. The Balaban J connectivity index is 1.58. The summed E-state index contributed by atoms with van der Waals surface area (Å²) >= 11 is 0. The summed E-state index contributed by atoms with van der Waals surface area (Å²) in [6.07, 6.45) is -4.11. The molecule has 2 heterocycles. The molecule has 1 aliphatic rings. The van der Waals surface area contributed by atoms with Gasteiger partial charge < -0.3 is 30.3 Å². The van der Waals surface area contributed by atoms with Crippen molar-refractivity contribution < 1.29 is 36.7 Å². The van der Waals surface area contributed by atoms with Gasteiger partial charge in [0, 0.05) is 24.5 Å². The highest BCUT2D eigenvalue weighted by molar-refractivity contribution is 5.98. The van der Waals surface area contributed by atoms with E-state index in [9.17, 15) is 22.8 Å². The van der Waals surface area contributed by atoms with Gasteiger partial charge in [-0.2, -0.15) is 13.2 Å². The summed E-state index contributed by atoms with van der Waals surface area (Å²) in [5, 5.41) is 5.48. The van der Waals surface area contributed by atoms with Crippen LogP contribution in [0.5, 0.6) is 5.75 Å². The van der Waals surface area contributed by atoms with Crippen LogP contribution in [0.1, 0.15) is 47.7 Å². The van der Waals surface area contributed by atoms with Gasteiger partial charge in [0.15, 0.2) is 11.5 Å². The number of carbonyl (C=O) groups excluding carboxylic acids is 2. The molecule has 1 aromatic carbocycles. The first kappa shape index (κ1) is 26.2. The zero-order valence-corrected chi connectivity index (χ0v) is 20.3. The third kappa shape index (κ3) is 5.45. The highest BCUT2D eigenvalue weighted by Crippen LogP contribution is 2.37. The minimum absolute atomic E-state index is 0.00866. The number of benzene rings is 1. The third-order valence-corrected chi connectivity index (χ3v) is 6.06. The SMILES string of the molecule is CNC(=O)OC1CC(CNC(=O)c2nc(-c3ccc(OC)c4nc(C(F)(F)F)ccc34)oc2[C@H](C)N)C1. The Hall–Kier alpha value is -3.87. The first-order valence-corrected chi connectivity index (χ1v) is 11.5. The Morgan fingerprint density at radius 3 is 2.57 bits per heavy atom. The Bertz CT molecular complexity index is 1320. The normalized spacial score (nSPS) is 18.1. The fraction of sp³-hybridized carbons (Fsp3) is 0.417. The van der Waals surface area contributed by atoms with E-state index in [0.717, 1.165) is 6.07 Å². The highest BCUT2D eigenvalue weighted by atomic mass is 19.4. The van der Waals surface area contributed by atoms with Gasteiger partial charge >= 0.3 is 12.3 Å². The maximum atomic E-state index is 13.2. The van der Waals surface area contributed by atoms with Gasteiger partial charge in [-0.15, -0.1) is 0 Å². The number of fused-ring (bicyclic) bond motifs is 1. The van der Waals surface area contributed by atoms with E-state index in [-0.39, 0.29) is 40.6 Å². The van der Waals surface area contributed by atoms with E-state index in [0.29, 0.717) is 30.3 Å². The average molecular weight is 521 g/mol. The first-order chi connectivity index (χ1) is 17.5. The van der Waals surface area contributed by atoms with E-state index in [1.807, 2.05) is 0 Å². The monoisotopic (exact) mass is 521 g/mol. The molecule has 13 heteroatoms. The number of nitrogens with one attached hydrogen (secondary N) is 2. The second-order valence-corrected chi connectivity index (χ2v) is 8.75. The number of alkyl halides is 3. The fourth-order valence-electron chi connectivity index (χ4n) is 4.09. The molecule has 1 fully saturated rings. The van der Waals surface area contributed by atoms with Crippen molar-refractivity contribution >= 4 is 22.9 Å². The fourth-order valence-corrected chi connectivity index (χ4v) is 4.09. The quantitative estimate of drug-likeness (QED) is 0.426. The van der Waals surface area contributed by atoms with Crippen LogP contribution in [0, 0.1) is 5.92 Å². The molecule has 1 aliphatic carbocycles. The van der Waals surface area contributed by atoms with Crippen molar-refractivity contribution in [1.82, 2.24) is 20.6 Å². The van der Waals surface area contributed by atoms with Crippen molar-refractivity contribution in [2.45, 2.75) is 38.1 Å². The lowest BCUT2D eigenvalue weighted by atomic mass is 9.82. The molecule has 3 aromatic rings. The van der Waals surface area contributed by atoms with Crippen molar-refractivity contribution in [2.24, 2.45) is 11.7 Å². The smallest absolute Gasteiger partial charge is 0.433 e. The number of nitrogens with zero attached hydrogens (tertiary/aromatic N) is 2. The highest BCUT2D eigenvalue weighted by Gasteiger charge is 2.34. The molecule has 10 nitrogen and oxygen atoms in total. The molecular weight excluding hydrogens is 495 g/mol. The molecule has 1 saturated carbocycles. The Labute approximate surface area is 209 Å². The summed E-state index contributed by atoms with van der Waals surface area (Å²) in [7, 11) is 2.80. The minimum atomic E-state index is -4.64. The molecule has 0 unspecified atom stereocenters. The van der Waals surface area contributed by atoms with Gasteiger partial charge in [0.25, 0.3) is 5.91 Å². The first-order valence-electron chi connectivity index (χ1n) is 11.5. The molecular formula is C24H26F3N5O5. The molecule has 0 saturated heterocycles. The molecule has 0 spiro atoms. The third-order valence-electron chi connectivity index (χ3n) is 6.06. The van der Waals surface area contributed by atoms with Crippen LogP contribution in [0.2, 0.25) is 0 Å². The van der Waals surface area contributed by atoms with Crippen LogP contribution in [0.15, 0.2) is 28.7 Å². The zero-order chi connectivity index (χ0) is 26.9. The number of pyridine rings is 1. The molecule has 2 aromatic heterocycles. The van der Waals surface area contributed by atoms with Crippen LogP contribution in [-0.4, -0.2) is 48.8 Å². The minimum Gasteiger partial charge on any atom is -0.494 e. The van der Waals surface area contributed by atoms with Crippen molar-refractivity contribution in [3.8, 4) is 17.2 Å². The lowest BCUT2D eigenvalue weighted by molar-refractivity contribution is -0.140. The summed E-state index contributed by atoms with van der Waals surface area (Å²) in [6, 6.07) is 4.44.